The van der Waals surface area contributed by atoms with Gasteiger partial charge in [-0.15, -0.1) is 13.2 Å². The van der Waals surface area contributed by atoms with E-state index in [1.165, 1.54) is 53.7 Å². The molecule has 306 valence electrons. The second-order valence-corrected chi connectivity index (χ2v) is 13.0. The lowest BCUT2D eigenvalue weighted by Crippen LogP contribution is -2.39. The Bertz CT molecular complexity index is 2770. The van der Waals surface area contributed by atoms with Crippen LogP contribution in [0.15, 0.2) is 64.3 Å². The number of hydrogen-bond acceptors (Lipinski definition) is 5. The molecule has 2 aromatic heterocycles. The summed E-state index contributed by atoms with van der Waals surface area (Å²) < 4.78 is 146. The first-order chi connectivity index (χ1) is 27.6. The number of anilines is 1. The maximum absolute atomic E-state index is 14.8. The number of allylic oxidation sites excluding steroid dienone is 2. The van der Waals surface area contributed by atoms with Crippen molar-refractivity contribution in [2.45, 2.75) is 38.5 Å². The molecule has 0 unspecified atom stereocenters. The van der Waals surface area contributed by atoms with Crippen LogP contribution in [0.3, 0.4) is 0 Å². The summed E-state index contributed by atoms with van der Waals surface area (Å²) in [4.78, 5) is 27.0. The van der Waals surface area contributed by atoms with Crippen LogP contribution in [0.4, 0.5) is 55.3 Å². The second kappa shape index (κ2) is 17.9. The van der Waals surface area contributed by atoms with Crippen molar-refractivity contribution in [2.75, 3.05) is 18.1 Å². The minimum atomic E-state index is -2.33. The first kappa shape index (κ1) is 42.9. The summed E-state index contributed by atoms with van der Waals surface area (Å²) in [6, 6.07) is 5.66. The van der Waals surface area contributed by atoms with Gasteiger partial charge in [-0.1, -0.05) is 16.8 Å². The normalized spacial score (nSPS) is 12.6. The number of hydrogen-bond donors (Lipinski definition) is 1. The van der Waals surface area contributed by atoms with E-state index in [4.69, 9.17) is 0 Å². The summed E-state index contributed by atoms with van der Waals surface area (Å²) >= 11 is 0. The quantitative estimate of drug-likeness (QED) is 0.0182. The van der Waals surface area contributed by atoms with Crippen LogP contribution in [-0.4, -0.2) is 26.9 Å². The Labute approximate surface area is 322 Å². The molecule has 0 saturated carbocycles. The zero-order chi connectivity index (χ0) is 42.6. The van der Waals surface area contributed by atoms with E-state index in [2.05, 4.69) is 23.7 Å². The lowest BCUT2D eigenvalue weighted by molar-refractivity contribution is -0.512. The van der Waals surface area contributed by atoms with Crippen LogP contribution in [-0.2, 0) is 14.1 Å². The van der Waals surface area contributed by atoms with Gasteiger partial charge in [-0.05, 0) is 61.5 Å². The Kier molecular flexibility index (Phi) is 13.3. The van der Waals surface area contributed by atoms with Gasteiger partial charge in [-0.3, -0.25) is 14.6 Å². The Hall–Kier alpha value is -6.20. The fourth-order valence-corrected chi connectivity index (χ4v) is 6.19. The largest absolute Gasteiger partial charge is 0.343 e. The molecule has 0 aliphatic carbocycles. The van der Waals surface area contributed by atoms with Crippen LogP contribution >= 0.6 is 0 Å². The van der Waals surface area contributed by atoms with Gasteiger partial charge < -0.3 is 14.6 Å². The zero-order valence-electron chi connectivity index (χ0n) is 31.0. The van der Waals surface area contributed by atoms with E-state index in [0.29, 0.717) is 30.4 Å². The standard InChI is InChI=1S/C40H34F10N6O2/c1-5-7-9-11-17-55(37-33(47)29(43)27(41)30(44)34(37)48)51-19-21-13-15-23(53(21)3)25-39(57)26(40(25)58)24-16-14-22(54(24)4)20-52-56(18-12-10-8-6-2)38-35(49)31(45)28(42)32(46)36(38)50/h5-6,13-16,19-20H,1-2,7-12,17-18H2,3-4H3/p+1. The van der Waals surface area contributed by atoms with E-state index >= 15 is 0 Å². The zero-order valence-corrected chi connectivity index (χ0v) is 31.0. The summed E-state index contributed by atoms with van der Waals surface area (Å²) in [6.45, 7) is 6.72. The van der Waals surface area contributed by atoms with Crippen molar-refractivity contribution < 1.29 is 48.6 Å². The predicted octanol–water partition coefficient (Wildman–Crippen LogP) is 6.92. The topological polar surface area (TPSA) is 74.6 Å². The van der Waals surface area contributed by atoms with Crippen molar-refractivity contribution >= 4 is 23.8 Å². The maximum Gasteiger partial charge on any atom is 0.309 e. The fraction of sp³-hybridized carbons (Fsp3) is 0.250. The maximum atomic E-state index is 14.8. The van der Waals surface area contributed by atoms with Crippen molar-refractivity contribution in [3.05, 3.63) is 160 Å². The molecule has 0 fully saturated rings. The van der Waals surface area contributed by atoms with Gasteiger partial charge in [0.1, 0.15) is 11.9 Å². The molecule has 0 aliphatic rings. The van der Waals surface area contributed by atoms with Crippen LogP contribution < -0.4 is 32.0 Å². The Morgan fingerprint density at radius 1 is 0.638 bits per heavy atom. The number of aromatic nitrogens is 2. The summed E-state index contributed by atoms with van der Waals surface area (Å²) in [5.41, 5.74) is -1.26. The van der Waals surface area contributed by atoms with Gasteiger partial charge in [0.25, 0.3) is 0 Å². The molecule has 5 rings (SSSR count). The Morgan fingerprint density at radius 3 is 1.60 bits per heavy atom. The van der Waals surface area contributed by atoms with E-state index in [0.717, 1.165) is 11.2 Å². The van der Waals surface area contributed by atoms with Gasteiger partial charge in [-0.25, -0.2) is 35.1 Å². The number of hydrazine groups is 1. The van der Waals surface area contributed by atoms with Crippen molar-refractivity contribution in [3.63, 3.8) is 0 Å². The molecule has 18 heteroatoms. The van der Waals surface area contributed by atoms with E-state index in [9.17, 15) is 53.5 Å². The first-order valence-corrected chi connectivity index (χ1v) is 17.7. The molecule has 8 nitrogen and oxygen atoms in total. The molecular formula is C40H35F10N6O2+. The van der Waals surface area contributed by atoms with Crippen LogP contribution in [0.1, 0.15) is 38.5 Å². The molecule has 3 aromatic carbocycles. The smallest absolute Gasteiger partial charge is 0.309 e. The third kappa shape index (κ3) is 7.99. The van der Waals surface area contributed by atoms with Gasteiger partial charge in [-0.2, -0.15) is 8.78 Å². The van der Waals surface area contributed by atoms with E-state index in [-0.39, 0.29) is 57.8 Å². The summed E-state index contributed by atoms with van der Waals surface area (Å²) in [7, 11) is 2.91. The minimum absolute atomic E-state index is 0.117. The molecule has 0 atom stereocenters. The van der Waals surface area contributed by atoms with Gasteiger partial charge in [0.05, 0.1) is 31.8 Å². The second-order valence-electron chi connectivity index (χ2n) is 13.0. The number of halogens is 10. The van der Waals surface area contributed by atoms with E-state index < -0.39 is 80.4 Å². The van der Waals surface area contributed by atoms with Crippen LogP contribution in [0.5, 0.6) is 0 Å². The summed E-state index contributed by atoms with van der Waals surface area (Å²) in [6.07, 6.45) is 7.91. The number of unbranched alkanes of at least 4 members (excludes halogenated alkanes) is 4. The summed E-state index contributed by atoms with van der Waals surface area (Å²) in [5.74, 6) is -21.4. The number of rotatable bonds is 15. The third-order valence-corrected chi connectivity index (χ3v) is 9.41. The monoisotopic (exact) mass is 821 g/mol. The molecule has 2 heterocycles. The molecule has 0 amide bonds. The van der Waals surface area contributed by atoms with Crippen molar-refractivity contribution in [1.29, 1.82) is 0 Å². The molecule has 1 N–H and O–H groups in total. The highest BCUT2D eigenvalue weighted by molar-refractivity contribution is 5.51. The van der Waals surface area contributed by atoms with E-state index in [1.54, 1.807) is 12.2 Å². The molecular weight excluding hydrogens is 786 g/mol. The summed E-state index contributed by atoms with van der Waals surface area (Å²) in [5, 5.41) is 4.96. The van der Waals surface area contributed by atoms with Crippen molar-refractivity contribution in [2.24, 2.45) is 19.2 Å². The third-order valence-electron chi connectivity index (χ3n) is 9.41. The molecule has 5 aromatic rings. The lowest BCUT2D eigenvalue weighted by Gasteiger charge is -2.25. The molecule has 0 spiro atoms. The van der Waals surface area contributed by atoms with Crippen molar-refractivity contribution in [1.82, 2.24) is 14.6 Å². The average molecular weight is 822 g/mol. The molecule has 58 heavy (non-hydrogen) atoms. The Morgan fingerprint density at radius 2 is 1.09 bits per heavy atom. The highest BCUT2D eigenvalue weighted by Crippen LogP contribution is 2.31. The Balaban J connectivity index is 1.59. The molecule has 0 bridgehead atoms. The average Bonchev–Trinajstić information content (AvgIpc) is 3.75. The van der Waals surface area contributed by atoms with Gasteiger partial charge in [0, 0.05) is 33.3 Å². The van der Waals surface area contributed by atoms with E-state index in [1.807, 2.05) is 0 Å². The van der Waals surface area contributed by atoms with Crippen LogP contribution in [0, 0.1) is 79.3 Å². The van der Waals surface area contributed by atoms with Crippen molar-refractivity contribution in [3.8, 4) is 0 Å². The molecule has 0 aliphatic heterocycles. The minimum Gasteiger partial charge on any atom is -0.343 e. The van der Waals surface area contributed by atoms with Gasteiger partial charge in [0.2, 0.25) is 45.8 Å². The number of nitrogens with one attached hydrogen (secondary N) is 1. The van der Waals surface area contributed by atoms with Crippen LogP contribution in [0.2, 0.25) is 0 Å². The molecule has 0 radical (unpaired) electrons. The first-order valence-electron chi connectivity index (χ1n) is 17.7. The fourth-order valence-electron chi connectivity index (χ4n) is 6.19. The highest BCUT2D eigenvalue weighted by atomic mass is 19.2. The van der Waals surface area contributed by atoms with Gasteiger partial charge in [0.15, 0.2) is 29.8 Å². The number of benzene rings is 2. The lowest BCUT2D eigenvalue weighted by atomic mass is 10.1. The van der Waals surface area contributed by atoms with Crippen LogP contribution in [0.25, 0.3) is 12.4 Å². The number of nitrogens with zero attached hydrogens (tertiary/aromatic N) is 5. The van der Waals surface area contributed by atoms with Gasteiger partial charge >= 0.3 is 5.69 Å². The molecule has 0 saturated heterocycles. The number of azo groups is 2. The predicted molar refractivity (Wildman–Crippen MR) is 194 cm³/mol. The SMILES string of the molecule is C=CCCCCN(NC=c1ccc(=c2c(=O)c(=c3cc/c(=C\N=[N+](CCCCC=C)c4c(F)c(F)c(F)c(F)c4F)n3C)c2=O)n1C)c1c(F)c(F)c(F)c(F)c1F. The highest BCUT2D eigenvalue weighted by Gasteiger charge is 2.34.